The highest BCUT2D eigenvalue weighted by Gasteiger charge is 2.33. The lowest BCUT2D eigenvalue weighted by molar-refractivity contribution is -0.384. The van der Waals surface area contributed by atoms with Crippen LogP contribution in [0.1, 0.15) is 11.1 Å². The second-order valence-corrected chi connectivity index (χ2v) is 7.58. The topological polar surface area (TPSA) is 75.8 Å². The maximum absolute atomic E-state index is 13.1. The van der Waals surface area contributed by atoms with Crippen LogP contribution < -0.4 is 0 Å². The molecule has 0 N–H and O–H groups in total. The summed E-state index contributed by atoms with van der Waals surface area (Å²) in [5.74, 6) is -0.142. The number of amidine groups is 1. The molecule has 0 saturated carbocycles. The van der Waals surface area contributed by atoms with E-state index >= 15 is 0 Å². The molecule has 0 aliphatic carbocycles. The third-order valence-corrected chi connectivity index (χ3v) is 5.46. The van der Waals surface area contributed by atoms with Gasteiger partial charge in [0.15, 0.2) is 5.17 Å². The summed E-state index contributed by atoms with van der Waals surface area (Å²) < 4.78 is 0. The monoisotopic (exact) mass is 415 g/mol. The Labute approximate surface area is 177 Å². The molecule has 1 saturated heterocycles. The second-order valence-electron chi connectivity index (χ2n) is 6.57. The number of thioether (sulfide) groups is 1. The van der Waals surface area contributed by atoms with Gasteiger partial charge in [-0.25, -0.2) is 4.99 Å². The summed E-state index contributed by atoms with van der Waals surface area (Å²) in [5, 5.41) is 11.5. The smallest absolute Gasteiger partial charge is 0.269 e. The predicted molar refractivity (Wildman–Crippen MR) is 119 cm³/mol. The van der Waals surface area contributed by atoms with Crippen molar-refractivity contribution in [2.24, 2.45) is 4.99 Å². The van der Waals surface area contributed by atoms with Crippen molar-refractivity contribution in [3.8, 4) is 0 Å². The van der Waals surface area contributed by atoms with Crippen LogP contribution in [-0.2, 0) is 11.3 Å². The Hall–Kier alpha value is -3.71. The Morgan fingerprint density at radius 2 is 1.57 bits per heavy atom. The maximum atomic E-state index is 13.1. The average molecular weight is 415 g/mol. The third-order valence-electron chi connectivity index (χ3n) is 4.45. The fourth-order valence-corrected chi connectivity index (χ4v) is 3.95. The number of benzene rings is 3. The largest absolute Gasteiger partial charge is 0.282 e. The lowest BCUT2D eigenvalue weighted by Crippen LogP contribution is -2.28. The third kappa shape index (κ3) is 4.47. The first kappa shape index (κ1) is 19.6. The fraction of sp³-hybridized carbons (Fsp3) is 0.0435. The molecular formula is C23H17N3O3S. The van der Waals surface area contributed by atoms with Crippen molar-refractivity contribution >= 4 is 40.3 Å². The van der Waals surface area contributed by atoms with Gasteiger partial charge in [0.2, 0.25) is 0 Å². The molecule has 30 heavy (non-hydrogen) atoms. The first-order chi connectivity index (χ1) is 14.6. The molecule has 0 spiro atoms. The molecule has 0 bridgehead atoms. The Bertz CT molecular complexity index is 1130. The van der Waals surface area contributed by atoms with Gasteiger partial charge in [0, 0.05) is 12.1 Å². The van der Waals surface area contributed by atoms with E-state index in [1.807, 2.05) is 60.7 Å². The molecule has 4 rings (SSSR count). The molecule has 0 radical (unpaired) electrons. The van der Waals surface area contributed by atoms with E-state index in [2.05, 4.69) is 4.99 Å². The van der Waals surface area contributed by atoms with Gasteiger partial charge in [-0.05, 0) is 53.2 Å². The second kappa shape index (κ2) is 8.75. The van der Waals surface area contributed by atoms with Crippen LogP contribution in [0.5, 0.6) is 0 Å². The van der Waals surface area contributed by atoms with Crippen molar-refractivity contribution in [2.45, 2.75) is 6.54 Å². The van der Waals surface area contributed by atoms with E-state index < -0.39 is 4.92 Å². The van der Waals surface area contributed by atoms with E-state index in [1.165, 1.54) is 23.9 Å². The van der Waals surface area contributed by atoms with E-state index in [4.69, 9.17) is 0 Å². The minimum Gasteiger partial charge on any atom is -0.282 e. The normalized spacial score (nSPS) is 16.4. The lowest BCUT2D eigenvalue weighted by Gasteiger charge is -2.15. The van der Waals surface area contributed by atoms with Gasteiger partial charge >= 0.3 is 0 Å². The van der Waals surface area contributed by atoms with Crippen LogP contribution in [0.2, 0.25) is 0 Å². The summed E-state index contributed by atoms with van der Waals surface area (Å²) in [6, 6.07) is 25.3. The molecule has 0 aromatic heterocycles. The van der Waals surface area contributed by atoms with Crippen LogP contribution in [-0.4, -0.2) is 20.9 Å². The fourth-order valence-electron chi connectivity index (χ4n) is 2.95. The summed E-state index contributed by atoms with van der Waals surface area (Å²) in [5.41, 5.74) is 2.50. The molecule has 1 heterocycles. The van der Waals surface area contributed by atoms with Crippen molar-refractivity contribution in [3.05, 3.63) is 111 Å². The summed E-state index contributed by atoms with van der Waals surface area (Å²) in [6.07, 6.45) is 1.74. The van der Waals surface area contributed by atoms with E-state index in [0.717, 1.165) is 16.8 Å². The zero-order valence-electron chi connectivity index (χ0n) is 15.8. The molecule has 1 aliphatic heterocycles. The molecule has 3 aromatic carbocycles. The zero-order valence-corrected chi connectivity index (χ0v) is 16.7. The summed E-state index contributed by atoms with van der Waals surface area (Å²) in [6.45, 7) is 0.413. The molecule has 148 valence electrons. The highest BCUT2D eigenvalue weighted by Crippen LogP contribution is 2.35. The first-order valence-electron chi connectivity index (χ1n) is 9.24. The number of rotatable bonds is 5. The number of carbonyl (C=O) groups is 1. The number of carbonyl (C=O) groups excluding carboxylic acids is 1. The molecule has 1 aliphatic rings. The van der Waals surface area contributed by atoms with Gasteiger partial charge in [-0.1, -0.05) is 48.5 Å². The zero-order chi connectivity index (χ0) is 20.9. The van der Waals surface area contributed by atoms with Crippen molar-refractivity contribution in [1.82, 2.24) is 4.90 Å². The number of para-hydroxylation sites is 1. The number of hydrogen-bond acceptors (Lipinski definition) is 5. The maximum Gasteiger partial charge on any atom is 0.269 e. The number of nitrogens with zero attached hydrogens (tertiary/aromatic N) is 3. The van der Waals surface area contributed by atoms with Crippen LogP contribution >= 0.6 is 11.8 Å². The summed E-state index contributed by atoms with van der Waals surface area (Å²) in [4.78, 5) is 30.4. The van der Waals surface area contributed by atoms with Crippen molar-refractivity contribution in [3.63, 3.8) is 0 Å². The minimum atomic E-state index is -0.446. The summed E-state index contributed by atoms with van der Waals surface area (Å²) in [7, 11) is 0. The highest BCUT2D eigenvalue weighted by atomic mass is 32.2. The molecule has 3 aromatic rings. The lowest BCUT2D eigenvalue weighted by atomic mass is 10.2. The molecule has 0 atom stereocenters. The number of nitro benzene ring substituents is 1. The quantitative estimate of drug-likeness (QED) is 0.318. The number of aliphatic imine (C=N–C) groups is 1. The predicted octanol–water partition coefficient (Wildman–Crippen LogP) is 5.40. The number of nitro groups is 1. The van der Waals surface area contributed by atoms with E-state index in [-0.39, 0.29) is 11.6 Å². The van der Waals surface area contributed by atoms with Crippen molar-refractivity contribution < 1.29 is 9.72 Å². The van der Waals surface area contributed by atoms with Gasteiger partial charge in [0.05, 0.1) is 22.1 Å². The summed E-state index contributed by atoms with van der Waals surface area (Å²) >= 11 is 1.30. The van der Waals surface area contributed by atoms with E-state index in [1.54, 1.807) is 23.1 Å². The standard InChI is InChI=1S/C23H17N3O3S/c27-22-21(15-17-11-13-20(14-12-17)26(28)29)30-23(24-19-9-5-2-6-10-19)25(22)16-18-7-3-1-4-8-18/h1-15H,16H2/b21-15+,24-23?. The van der Waals surface area contributed by atoms with E-state index in [9.17, 15) is 14.9 Å². The van der Waals surface area contributed by atoms with Crippen LogP contribution in [0.25, 0.3) is 6.08 Å². The number of non-ortho nitro benzene ring substituents is 1. The van der Waals surface area contributed by atoms with Crippen LogP contribution in [0, 0.1) is 10.1 Å². The van der Waals surface area contributed by atoms with Gasteiger partial charge in [-0.15, -0.1) is 0 Å². The van der Waals surface area contributed by atoms with Gasteiger partial charge in [-0.2, -0.15) is 0 Å². The Kier molecular flexibility index (Phi) is 5.72. The van der Waals surface area contributed by atoms with Gasteiger partial charge in [-0.3, -0.25) is 19.8 Å². The molecule has 6 nitrogen and oxygen atoms in total. The molecule has 7 heteroatoms. The van der Waals surface area contributed by atoms with Gasteiger partial charge in [0.25, 0.3) is 11.6 Å². The van der Waals surface area contributed by atoms with Gasteiger partial charge in [0.1, 0.15) is 0 Å². The van der Waals surface area contributed by atoms with Crippen molar-refractivity contribution in [1.29, 1.82) is 0 Å². The van der Waals surface area contributed by atoms with Crippen LogP contribution in [0.15, 0.2) is 94.8 Å². The van der Waals surface area contributed by atoms with Gasteiger partial charge < -0.3 is 0 Å². The molecular weight excluding hydrogens is 398 g/mol. The first-order valence-corrected chi connectivity index (χ1v) is 10.1. The average Bonchev–Trinajstić information content (AvgIpc) is 3.04. The molecule has 0 unspecified atom stereocenters. The minimum absolute atomic E-state index is 0.0135. The Morgan fingerprint density at radius 3 is 2.20 bits per heavy atom. The number of hydrogen-bond donors (Lipinski definition) is 0. The van der Waals surface area contributed by atoms with Crippen LogP contribution in [0.3, 0.4) is 0 Å². The van der Waals surface area contributed by atoms with Crippen LogP contribution in [0.4, 0.5) is 11.4 Å². The highest BCUT2D eigenvalue weighted by molar-refractivity contribution is 8.18. The van der Waals surface area contributed by atoms with E-state index in [0.29, 0.717) is 16.6 Å². The Morgan fingerprint density at radius 1 is 0.933 bits per heavy atom. The molecule has 1 fully saturated rings. The Balaban J connectivity index is 1.67. The number of amides is 1. The molecule has 1 amide bonds. The van der Waals surface area contributed by atoms with Crippen molar-refractivity contribution in [2.75, 3.05) is 0 Å². The SMILES string of the molecule is O=C1/C(=C\c2ccc([N+](=O)[O-])cc2)SC(=Nc2ccccc2)N1Cc1ccccc1.